The maximum Gasteiger partial charge on any atom is 0.135 e. The standard InChI is InChI=1S/C26H44O/c1-8-25(19-12-20-26(27)22(4)5)18-11-17-24(7)16-10-15-23(6)14-9-13-21(2)3/h13,15,17,19,22H,8-12,14,16,18,20H2,1-7H3/b23-15+,24-17+,25-19+. The SMILES string of the molecule is CC/C(=C\CCC(=O)C(C)C)CC/C=C(\C)CC/C=C(\C)CCC=C(C)C. The highest BCUT2D eigenvalue weighted by molar-refractivity contribution is 5.80. The van der Waals surface area contributed by atoms with Gasteiger partial charge in [-0.3, -0.25) is 4.79 Å². The van der Waals surface area contributed by atoms with Gasteiger partial charge in [0.15, 0.2) is 0 Å². The molecule has 1 nitrogen and oxygen atoms in total. The fourth-order valence-corrected chi connectivity index (χ4v) is 2.97. The van der Waals surface area contributed by atoms with Crippen LogP contribution in [-0.4, -0.2) is 5.78 Å². The molecule has 0 fully saturated rings. The third-order valence-electron chi connectivity index (χ3n) is 5.00. The van der Waals surface area contributed by atoms with Crippen LogP contribution in [0.25, 0.3) is 0 Å². The van der Waals surface area contributed by atoms with Crippen molar-refractivity contribution in [2.45, 2.75) is 106 Å². The molecule has 0 aliphatic carbocycles. The Labute approximate surface area is 169 Å². The summed E-state index contributed by atoms with van der Waals surface area (Å²) in [6.07, 6.45) is 19.0. The number of rotatable bonds is 14. The molecule has 0 aliphatic rings. The van der Waals surface area contributed by atoms with Crippen LogP contribution in [0.2, 0.25) is 0 Å². The lowest BCUT2D eigenvalue weighted by molar-refractivity contribution is -0.121. The Bertz CT molecular complexity index is 537. The summed E-state index contributed by atoms with van der Waals surface area (Å²) in [4.78, 5) is 11.7. The van der Waals surface area contributed by atoms with Gasteiger partial charge in [-0.05, 0) is 79.1 Å². The molecular formula is C26H44O. The Balaban J connectivity index is 4.17. The molecule has 0 amide bonds. The van der Waals surface area contributed by atoms with Crippen LogP contribution < -0.4 is 0 Å². The summed E-state index contributed by atoms with van der Waals surface area (Å²) in [5.74, 6) is 0.542. The summed E-state index contributed by atoms with van der Waals surface area (Å²) < 4.78 is 0. The molecule has 0 heterocycles. The van der Waals surface area contributed by atoms with Crippen molar-refractivity contribution in [3.63, 3.8) is 0 Å². The molecule has 0 N–H and O–H groups in total. The van der Waals surface area contributed by atoms with E-state index >= 15 is 0 Å². The van der Waals surface area contributed by atoms with Gasteiger partial charge in [-0.25, -0.2) is 0 Å². The number of carbonyl (C=O) groups is 1. The average molecular weight is 373 g/mol. The van der Waals surface area contributed by atoms with Crippen molar-refractivity contribution in [1.82, 2.24) is 0 Å². The van der Waals surface area contributed by atoms with Crippen molar-refractivity contribution in [1.29, 1.82) is 0 Å². The Morgan fingerprint density at radius 2 is 1.19 bits per heavy atom. The first kappa shape index (κ1) is 25.6. The minimum Gasteiger partial charge on any atom is -0.299 e. The highest BCUT2D eigenvalue weighted by atomic mass is 16.1. The number of ketones is 1. The van der Waals surface area contributed by atoms with Crippen LogP contribution >= 0.6 is 0 Å². The summed E-state index contributed by atoms with van der Waals surface area (Å²) in [7, 11) is 0. The smallest absolute Gasteiger partial charge is 0.135 e. The number of hydrogen-bond acceptors (Lipinski definition) is 1. The zero-order valence-electron chi connectivity index (χ0n) is 19.2. The van der Waals surface area contributed by atoms with Gasteiger partial charge < -0.3 is 0 Å². The van der Waals surface area contributed by atoms with Gasteiger partial charge in [-0.2, -0.15) is 0 Å². The monoisotopic (exact) mass is 372 g/mol. The third kappa shape index (κ3) is 15.4. The van der Waals surface area contributed by atoms with Crippen molar-refractivity contribution in [3.8, 4) is 0 Å². The van der Waals surface area contributed by atoms with Crippen molar-refractivity contribution in [2.75, 3.05) is 0 Å². The quantitative estimate of drug-likeness (QED) is 0.279. The van der Waals surface area contributed by atoms with Crippen LogP contribution in [-0.2, 0) is 4.79 Å². The molecule has 0 rings (SSSR count). The minimum atomic E-state index is 0.166. The molecule has 0 spiro atoms. The van der Waals surface area contributed by atoms with E-state index in [1.54, 1.807) is 0 Å². The molecular weight excluding hydrogens is 328 g/mol. The molecule has 154 valence electrons. The lowest BCUT2D eigenvalue weighted by Gasteiger charge is -2.05. The third-order valence-corrected chi connectivity index (χ3v) is 5.00. The molecule has 0 aromatic heterocycles. The van der Waals surface area contributed by atoms with Crippen molar-refractivity contribution in [3.05, 3.63) is 46.6 Å². The predicted molar refractivity (Wildman–Crippen MR) is 122 cm³/mol. The summed E-state index contributed by atoms with van der Waals surface area (Å²) in [6, 6.07) is 0. The second kappa shape index (κ2) is 15.7. The first-order chi connectivity index (χ1) is 12.8. The van der Waals surface area contributed by atoms with Crippen LogP contribution in [0, 0.1) is 5.92 Å². The van der Waals surface area contributed by atoms with Crippen molar-refractivity contribution < 1.29 is 4.79 Å². The highest BCUT2D eigenvalue weighted by Crippen LogP contribution is 2.16. The fraction of sp³-hybridized carbons (Fsp3) is 0.654. The lowest BCUT2D eigenvalue weighted by Crippen LogP contribution is -2.05. The second-order valence-electron chi connectivity index (χ2n) is 8.37. The van der Waals surface area contributed by atoms with E-state index in [4.69, 9.17) is 0 Å². The summed E-state index contributed by atoms with van der Waals surface area (Å²) in [5.41, 5.74) is 5.90. The maximum atomic E-state index is 11.7. The van der Waals surface area contributed by atoms with Crippen LogP contribution in [0.1, 0.15) is 106 Å². The van der Waals surface area contributed by atoms with Crippen molar-refractivity contribution >= 4 is 5.78 Å². The number of Topliss-reactive ketones (excluding diaryl/α,β-unsaturated/α-hetero) is 1. The first-order valence-corrected chi connectivity index (χ1v) is 10.9. The van der Waals surface area contributed by atoms with E-state index in [2.05, 4.69) is 58.9 Å². The van der Waals surface area contributed by atoms with Gasteiger partial charge >= 0.3 is 0 Å². The molecule has 0 atom stereocenters. The molecule has 0 saturated carbocycles. The zero-order chi connectivity index (χ0) is 20.7. The molecule has 0 aromatic rings. The lowest BCUT2D eigenvalue weighted by atomic mass is 10.0. The van der Waals surface area contributed by atoms with Crippen LogP contribution in [0.15, 0.2) is 46.6 Å². The van der Waals surface area contributed by atoms with Crippen LogP contribution in [0.4, 0.5) is 0 Å². The fourth-order valence-electron chi connectivity index (χ4n) is 2.97. The largest absolute Gasteiger partial charge is 0.299 e. The molecule has 0 bridgehead atoms. The van der Waals surface area contributed by atoms with Crippen LogP contribution in [0.5, 0.6) is 0 Å². The maximum absolute atomic E-state index is 11.7. The first-order valence-electron chi connectivity index (χ1n) is 10.9. The van der Waals surface area contributed by atoms with E-state index in [0.29, 0.717) is 12.2 Å². The zero-order valence-corrected chi connectivity index (χ0v) is 19.2. The summed E-state index contributed by atoms with van der Waals surface area (Å²) in [6.45, 7) is 15.0. The van der Waals surface area contributed by atoms with Gasteiger partial charge in [0, 0.05) is 12.3 Å². The van der Waals surface area contributed by atoms with E-state index in [1.807, 2.05) is 13.8 Å². The van der Waals surface area contributed by atoms with E-state index in [0.717, 1.165) is 44.9 Å². The van der Waals surface area contributed by atoms with Gasteiger partial charge in [0.05, 0.1) is 0 Å². The number of carbonyl (C=O) groups excluding carboxylic acids is 1. The Kier molecular flexibility index (Phi) is 14.9. The van der Waals surface area contributed by atoms with Crippen molar-refractivity contribution in [2.24, 2.45) is 5.92 Å². The number of allylic oxidation sites excluding steroid dienone is 8. The normalized spacial score (nSPS) is 13.3. The highest BCUT2D eigenvalue weighted by Gasteiger charge is 2.05. The second-order valence-corrected chi connectivity index (χ2v) is 8.37. The molecule has 0 aliphatic heterocycles. The molecule has 27 heavy (non-hydrogen) atoms. The Hall–Kier alpha value is -1.37. The van der Waals surface area contributed by atoms with Gasteiger partial charge in [0.2, 0.25) is 0 Å². The van der Waals surface area contributed by atoms with Crippen LogP contribution in [0.3, 0.4) is 0 Å². The van der Waals surface area contributed by atoms with Gasteiger partial charge in [0.1, 0.15) is 5.78 Å². The predicted octanol–water partition coefficient (Wildman–Crippen LogP) is 8.53. The molecule has 0 unspecified atom stereocenters. The molecule has 0 radical (unpaired) electrons. The van der Waals surface area contributed by atoms with E-state index < -0.39 is 0 Å². The molecule has 1 heteroatoms. The summed E-state index contributed by atoms with van der Waals surface area (Å²) in [5, 5.41) is 0. The van der Waals surface area contributed by atoms with E-state index in [-0.39, 0.29) is 5.92 Å². The van der Waals surface area contributed by atoms with Gasteiger partial charge in [-0.1, -0.05) is 67.4 Å². The molecule has 0 aromatic carbocycles. The Morgan fingerprint density at radius 3 is 1.67 bits per heavy atom. The molecule has 0 saturated heterocycles. The Morgan fingerprint density at radius 1 is 0.704 bits per heavy atom. The van der Waals surface area contributed by atoms with Gasteiger partial charge in [0.25, 0.3) is 0 Å². The van der Waals surface area contributed by atoms with Gasteiger partial charge in [-0.15, -0.1) is 0 Å². The summed E-state index contributed by atoms with van der Waals surface area (Å²) >= 11 is 0. The number of hydrogen-bond donors (Lipinski definition) is 0. The average Bonchev–Trinajstić information content (AvgIpc) is 2.59. The topological polar surface area (TPSA) is 17.1 Å². The minimum absolute atomic E-state index is 0.166. The van der Waals surface area contributed by atoms with E-state index in [9.17, 15) is 4.79 Å². The van der Waals surface area contributed by atoms with E-state index in [1.165, 1.54) is 28.7 Å².